The second kappa shape index (κ2) is 12.3. The van der Waals surface area contributed by atoms with Crippen molar-refractivity contribution in [2.75, 3.05) is 6.54 Å². The van der Waals surface area contributed by atoms with Gasteiger partial charge in [0.05, 0.1) is 24.9 Å². The first kappa shape index (κ1) is 30.7. The van der Waals surface area contributed by atoms with Gasteiger partial charge in [-0.15, -0.1) is 0 Å². The minimum Gasteiger partial charge on any atom is -0.459 e. The van der Waals surface area contributed by atoms with Crippen molar-refractivity contribution in [1.82, 2.24) is 19.4 Å². The van der Waals surface area contributed by atoms with E-state index in [1.54, 1.807) is 0 Å². The third kappa shape index (κ3) is 6.64. The molecule has 2 fully saturated rings. The Hall–Kier alpha value is -3.24. The summed E-state index contributed by atoms with van der Waals surface area (Å²) < 4.78 is 13.9. The molecule has 6 atom stereocenters. The lowest BCUT2D eigenvalue weighted by atomic mass is 9.77. The molecular formula is C30H45N5O6. The van der Waals surface area contributed by atoms with Crippen LogP contribution in [0.3, 0.4) is 0 Å². The molecule has 1 aromatic heterocycles. The van der Waals surface area contributed by atoms with E-state index in [9.17, 15) is 19.2 Å². The fourth-order valence-electron chi connectivity index (χ4n) is 6.63. The van der Waals surface area contributed by atoms with Gasteiger partial charge in [0.25, 0.3) is 0 Å². The summed E-state index contributed by atoms with van der Waals surface area (Å²) in [6, 6.07) is -0.660. The number of amides is 1. The number of aromatic nitrogens is 3. The predicted molar refractivity (Wildman–Crippen MR) is 153 cm³/mol. The number of nitrogens with two attached hydrogens (primary N) is 1. The molecule has 0 aromatic carbocycles. The molecule has 1 amide bonds. The molecule has 1 aromatic rings. The van der Waals surface area contributed by atoms with Gasteiger partial charge < -0.3 is 24.9 Å². The van der Waals surface area contributed by atoms with Crippen LogP contribution < -0.4 is 16.2 Å². The van der Waals surface area contributed by atoms with Crippen molar-refractivity contribution >= 4 is 24.2 Å². The summed E-state index contributed by atoms with van der Waals surface area (Å²) in [6.07, 6.45) is 8.96. The fourth-order valence-corrected chi connectivity index (χ4v) is 6.63. The Morgan fingerprint density at radius 1 is 1.07 bits per heavy atom. The van der Waals surface area contributed by atoms with Crippen molar-refractivity contribution < 1.29 is 23.9 Å². The first-order valence-electron chi connectivity index (χ1n) is 14.9. The number of carbonyl (C=O) groups excluding carboxylic acids is 3. The molecular weight excluding hydrogens is 526 g/mol. The molecule has 1 saturated heterocycles. The van der Waals surface area contributed by atoms with Crippen molar-refractivity contribution in [3.8, 4) is 6.01 Å². The highest BCUT2D eigenvalue weighted by Gasteiger charge is 2.48. The van der Waals surface area contributed by atoms with Crippen molar-refractivity contribution in [2.45, 2.75) is 110 Å². The van der Waals surface area contributed by atoms with Gasteiger partial charge in [-0.2, -0.15) is 9.97 Å². The second-order valence-corrected chi connectivity index (χ2v) is 13.1. The van der Waals surface area contributed by atoms with Crippen LogP contribution in [-0.2, 0) is 25.7 Å². The average molecular weight is 572 g/mol. The summed E-state index contributed by atoms with van der Waals surface area (Å²) in [6.45, 7) is 10.1. The summed E-state index contributed by atoms with van der Waals surface area (Å²) in [4.78, 5) is 62.7. The van der Waals surface area contributed by atoms with Gasteiger partial charge >= 0.3 is 17.7 Å². The monoisotopic (exact) mass is 571 g/mol. The third-order valence-corrected chi connectivity index (χ3v) is 9.25. The first-order chi connectivity index (χ1) is 19.4. The highest BCUT2D eigenvalue weighted by atomic mass is 16.6. The molecule has 2 N–H and O–H groups in total. The number of ether oxygens (including phenoxy) is 2. The Kier molecular flexibility index (Phi) is 9.23. The predicted octanol–water partition coefficient (Wildman–Crippen LogP) is 3.09. The zero-order valence-electron chi connectivity index (χ0n) is 25.0. The van der Waals surface area contributed by atoms with Gasteiger partial charge in [-0.3, -0.25) is 9.59 Å². The van der Waals surface area contributed by atoms with E-state index >= 15 is 0 Å². The standard InChI is InChI=1S/C30H45N5O6/c1-19-22(18-36)35-17-23(19)40-28-33-24(12-14-31)32-27(39)34(28)15-8-6-7-10-20-11-9-13-30(20,5)41-25(37)16-21(26(35)38)29(2,3)4/h12,14,18-23H,6-11,13,15-17,31H2,1-5H3/t19-,20+,21+,22+,23-,30+/m0/s1. The molecule has 11 heteroatoms. The van der Waals surface area contributed by atoms with Crippen molar-refractivity contribution in [1.29, 1.82) is 0 Å². The Bertz CT molecular complexity index is 1220. The van der Waals surface area contributed by atoms with Gasteiger partial charge in [0.1, 0.15) is 18.0 Å². The molecule has 11 nitrogen and oxygen atoms in total. The number of aldehydes is 1. The normalized spacial score (nSPS) is 32.0. The number of hydrogen-bond acceptors (Lipinski definition) is 9. The number of esters is 1. The lowest BCUT2D eigenvalue weighted by Crippen LogP contribution is -2.47. The number of hydrogen-bond donors (Lipinski definition) is 1. The van der Waals surface area contributed by atoms with Crippen LogP contribution in [0, 0.1) is 23.2 Å². The summed E-state index contributed by atoms with van der Waals surface area (Å²) in [5.41, 5.74) is 3.91. The first-order valence-corrected chi connectivity index (χ1v) is 14.9. The van der Waals surface area contributed by atoms with E-state index < -0.39 is 34.8 Å². The smallest absolute Gasteiger partial charge is 0.353 e. The van der Waals surface area contributed by atoms with Crippen LogP contribution in [-0.4, -0.2) is 61.9 Å². The van der Waals surface area contributed by atoms with E-state index in [1.807, 2.05) is 34.6 Å². The van der Waals surface area contributed by atoms with Gasteiger partial charge in [0, 0.05) is 12.5 Å². The van der Waals surface area contributed by atoms with Crippen LogP contribution in [0.1, 0.15) is 91.8 Å². The molecule has 3 aliphatic rings. The molecule has 0 spiro atoms. The average Bonchev–Trinajstić information content (AvgIpc) is 3.40. The summed E-state index contributed by atoms with van der Waals surface area (Å²) in [7, 11) is 0. The van der Waals surface area contributed by atoms with Crippen LogP contribution in [0.2, 0.25) is 0 Å². The van der Waals surface area contributed by atoms with Gasteiger partial charge in [-0.05, 0) is 62.6 Å². The van der Waals surface area contributed by atoms with Crippen LogP contribution in [0.5, 0.6) is 6.01 Å². The van der Waals surface area contributed by atoms with Crippen molar-refractivity contribution in [3.63, 3.8) is 0 Å². The topological polar surface area (TPSA) is 147 Å². The van der Waals surface area contributed by atoms with Gasteiger partial charge in [-0.1, -0.05) is 40.5 Å². The van der Waals surface area contributed by atoms with Crippen LogP contribution >= 0.6 is 0 Å². The number of carbonyl (C=O) groups is 3. The number of fused-ring (bicyclic) bond motifs is 4. The minimum atomic E-state index is -0.752. The van der Waals surface area contributed by atoms with E-state index in [4.69, 9.17) is 15.2 Å². The fraction of sp³-hybridized carbons (Fsp3) is 0.733. The van der Waals surface area contributed by atoms with Gasteiger partial charge in [-0.25, -0.2) is 9.36 Å². The highest BCUT2D eigenvalue weighted by Crippen LogP contribution is 2.43. The molecule has 41 heavy (non-hydrogen) atoms. The van der Waals surface area contributed by atoms with Gasteiger partial charge in [0.15, 0.2) is 5.82 Å². The lowest BCUT2D eigenvalue weighted by molar-refractivity contribution is -0.167. The van der Waals surface area contributed by atoms with Gasteiger partial charge in [0.2, 0.25) is 5.91 Å². The van der Waals surface area contributed by atoms with E-state index in [1.165, 1.54) is 21.7 Å². The van der Waals surface area contributed by atoms with Crippen molar-refractivity contribution in [3.05, 3.63) is 22.5 Å². The minimum absolute atomic E-state index is 0.0626. The molecule has 2 aliphatic heterocycles. The Labute approximate surface area is 241 Å². The molecule has 4 rings (SSSR count). The molecule has 226 valence electrons. The van der Waals surface area contributed by atoms with Crippen molar-refractivity contribution in [2.24, 2.45) is 28.9 Å². The maximum absolute atomic E-state index is 14.0. The molecule has 2 bridgehead atoms. The van der Waals surface area contributed by atoms with Crippen LogP contribution in [0.15, 0.2) is 11.0 Å². The van der Waals surface area contributed by atoms with E-state index in [0.29, 0.717) is 13.0 Å². The highest BCUT2D eigenvalue weighted by molar-refractivity contribution is 5.87. The Balaban J connectivity index is 1.73. The largest absolute Gasteiger partial charge is 0.459 e. The Morgan fingerprint density at radius 3 is 2.49 bits per heavy atom. The summed E-state index contributed by atoms with van der Waals surface area (Å²) >= 11 is 0. The molecule has 1 aliphatic carbocycles. The summed E-state index contributed by atoms with van der Waals surface area (Å²) in [5.74, 6) is -1.36. The second-order valence-electron chi connectivity index (χ2n) is 13.1. The lowest BCUT2D eigenvalue weighted by Gasteiger charge is -2.36. The number of nitrogens with zero attached hydrogens (tertiary/aromatic N) is 4. The van der Waals surface area contributed by atoms with Crippen LogP contribution in [0.25, 0.3) is 6.08 Å². The third-order valence-electron chi connectivity index (χ3n) is 9.25. The zero-order chi connectivity index (χ0) is 29.9. The maximum Gasteiger partial charge on any atom is 0.353 e. The quantitative estimate of drug-likeness (QED) is 0.418. The Morgan fingerprint density at radius 2 is 1.80 bits per heavy atom. The summed E-state index contributed by atoms with van der Waals surface area (Å²) in [5, 5.41) is 0. The van der Waals surface area contributed by atoms with Crippen LogP contribution in [0.4, 0.5) is 0 Å². The van der Waals surface area contributed by atoms with E-state index in [-0.39, 0.29) is 48.5 Å². The zero-order valence-corrected chi connectivity index (χ0v) is 25.0. The SMILES string of the molecule is C[C@@H]1[C@@H]2CN(C(=O)[C@H](C(C)(C)C)CC(=O)O[C@]3(C)CCC[C@H]3CCCCCn3c(nc(C=CN)nc3=O)O2)[C@@H]1C=O. The van der Waals surface area contributed by atoms with E-state index in [2.05, 4.69) is 9.97 Å². The molecule has 1 saturated carbocycles. The van der Waals surface area contributed by atoms with E-state index in [0.717, 1.165) is 44.8 Å². The molecule has 0 radical (unpaired) electrons. The number of rotatable bonds is 2. The molecule has 3 heterocycles. The molecule has 0 unspecified atom stereocenters. The maximum atomic E-state index is 14.0.